The van der Waals surface area contributed by atoms with Crippen LogP contribution in [0.1, 0.15) is 39.1 Å². The smallest absolute Gasteiger partial charge is 0.328 e. The lowest BCUT2D eigenvalue weighted by Gasteiger charge is -2.36. The van der Waals surface area contributed by atoms with Crippen molar-refractivity contribution in [1.29, 1.82) is 0 Å². The van der Waals surface area contributed by atoms with Crippen molar-refractivity contribution >= 4 is 29.3 Å². The second kappa shape index (κ2) is 16.2. The van der Waals surface area contributed by atoms with Crippen LogP contribution >= 0.6 is 11.3 Å². The van der Waals surface area contributed by atoms with Gasteiger partial charge in [-0.1, -0.05) is 146 Å². The van der Waals surface area contributed by atoms with Gasteiger partial charge in [0, 0.05) is 29.6 Å². The van der Waals surface area contributed by atoms with Gasteiger partial charge in [-0.3, -0.25) is 4.79 Å². The highest BCUT2D eigenvalue weighted by Crippen LogP contribution is 2.43. The van der Waals surface area contributed by atoms with Crippen LogP contribution in [0.3, 0.4) is 0 Å². The number of carbonyl (C=O) groups is 2. The standard InChI is InChI=1S/C48H42N6O3S/c1-57-47(56)43-30-40(32-53(43)46(55)36-25-26-44-35(29-36)27-28-58-44)49-31-33-21-23-34(24-22-33)41-19-11-12-20-42(41)45-50-51-52-54(45)48(37-13-5-2-6-14-37,38-15-7-3-8-16-38)39-17-9-4-10-18-39/h2-28,36,40,43,49H,29-32H2,1H3/t36?,40-,43-/m0/s1. The number of thiophene rings is 1. The first-order valence-corrected chi connectivity index (χ1v) is 20.4. The highest BCUT2D eigenvalue weighted by Gasteiger charge is 2.43. The predicted molar refractivity (Wildman–Crippen MR) is 227 cm³/mol. The molecule has 1 amide bonds. The van der Waals surface area contributed by atoms with Crippen LogP contribution in [0.25, 0.3) is 28.6 Å². The van der Waals surface area contributed by atoms with Crippen molar-refractivity contribution in [3.63, 3.8) is 0 Å². The van der Waals surface area contributed by atoms with Crippen LogP contribution in [-0.4, -0.2) is 62.7 Å². The van der Waals surface area contributed by atoms with Crippen molar-refractivity contribution in [1.82, 2.24) is 30.4 Å². The summed E-state index contributed by atoms with van der Waals surface area (Å²) in [4.78, 5) is 29.6. The Morgan fingerprint density at radius 3 is 2.05 bits per heavy atom. The van der Waals surface area contributed by atoms with E-state index in [0.717, 1.165) is 38.9 Å². The molecule has 1 saturated heterocycles. The van der Waals surface area contributed by atoms with Gasteiger partial charge >= 0.3 is 5.97 Å². The Morgan fingerprint density at radius 2 is 1.41 bits per heavy atom. The van der Waals surface area contributed by atoms with E-state index in [1.165, 1.54) is 17.6 Å². The summed E-state index contributed by atoms with van der Waals surface area (Å²) in [5.41, 5.74) is 7.41. The van der Waals surface area contributed by atoms with Gasteiger partial charge in [-0.25, -0.2) is 9.48 Å². The number of nitrogens with zero attached hydrogens (tertiary/aromatic N) is 5. The molecule has 9 rings (SSSR count). The number of methoxy groups -OCH3 is 1. The van der Waals surface area contributed by atoms with Crippen molar-refractivity contribution in [2.24, 2.45) is 5.92 Å². The van der Waals surface area contributed by atoms with Gasteiger partial charge in [0.15, 0.2) is 5.82 Å². The Hall–Kier alpha value is -6.49. The van der Waals surface area contributed by atoms with Crippen LogP contribution < -0.4 is 5.32 Å². The number of nitrogens with one attached hydrogen (secondary N) is 1. The summed E-state index contributed by atoms with van der Waals surface area (Å²) >= 11 is 1.68. The number of hydrogen-bond donors (Lipinski definition) is 1. The van der Waals surface area contributed by atoms with E-state index >= 15 is 0 Å². The molecule has 1 aliphatic heterocycles. The molecule has 2 aromatic heterocycles. The van der Waals surface area contributed by atoms with Crippen molar-refractivity contribution in [2.75, 3.05) is 13.7 Å². The van der Waals surface area contributed by atoms with Crippen molar-refractivity contribution in [3.8, 4) is 22.5 Å². The second-order valence-electron chi connectivity index (χ2n) is 14.8. The van der Waals surface area contributed by atoms with Crippen LogP contribution in [0.5, 0.6) is 0 Å². The lowest BCUT2D eigenvalue weighted by molar-refractivity contribution is -0.151. The van der Waals surface area contributed by atoms with Gasteiger partial charge in [0.05, 0.1) is 13.0 Å². The summed E-state index contributed by atoms with van der Waals surface area (Å²) in [5.74, 6) is -0.0657. The SMILES string of the molecule is COC(=O)[C@@H]1C[C@H](NCc2ccc(-c3ccccc3-c3nnnn3C(c3ccccc3)(c3ccccc3)c3ccccc3)cc2)CN1C(=O)C1C=Cc2sccc2C1. The first-order chi connectivity index (χ1) is 28.5. The molecule has 1 N–H and O–H groups in total. The average molecular weight is 783 g/mol. The molecule has 2 aliphatic rings. The third kappa shape index (κ3) is 6.84. The van der Waals surface area contributed by atoms with Gasteiger partial charge in [-0.15, -0.1) is 16.4 Å². The Morgan fingerprint density at radius 1 is 0.793 bits per heavy atom. The minimum absolute atomic E-state index is 0.0320. The van der Waals surface area contributed by atoms with Crippen LogP contribution in [0.4, 0.5) is 0 Å². The number of aromatic nitrogens is 4. The number of amides is 1. The van der Waals surface area contributed by atoms with Gasteiger partial charge < -0.3 is 15.0 Å². The molecule has 7 aromatic rings. The molecule has 10 heteroatoms. The van der Waals surface area contributed by atoms with E-state index in [1.807, 2.05) is 47.2 Å². The van der Waals surface area contributed by atoms with Crippen molar-refractivity contribution < 1.29 is 14.3 Å². The van der Waals surface area contributed by atoms with E-state index in [9.17, 15) is 9.59 Å². The lowest BCUT2D eigenvalue weighted by Crippen LogP contribution is -2.44. The molecular weight excluding hydrogens is 741 g/mol. The van der Waals surface area contributed by atoms with Gasteiger partial charge in [0.2, 0.25) is 5.91 Å². The van der Waals surface area contributed by atoms with E-state index in [-0.39, 0.29) is 23.8 Å². The number of esters is 1. The maximum absolute atomic E-state index is 13.8. The van der Waals surface area contributed by atoms with Crippen LogP contribution in [0, 0.1) is 5.92 Å². The quantitative estimate of drug-likeness (QED) is 0.105. The molecular formula is C48H42N6O3S. The van der Waals surface area contributed by atoms with Crippen molar-refractivity contribution in [2.45, 2.75) is 37.0 Å². The number of carbonyl (C=O) groups excluding carboxylic acids is 2. The van der Waals surface area contributed by atoms with E-state index in [0.29, 0.717) is 31.8 Å². The van der Waals surface area contributed by atoms with Gasteiger partial charge in [-0.2, -0.15) is 0 Å². The molecule has 9 nitrogen and oxygen atoms in total. The number of likely N-dealkylation sites (tertiary alicyclic amines) is 1. The monoisotopic (exact) mass is 782 g/mol. The fourth-order valence-electron chi connectivity index (χ4n) is 8.62. The zero-order chi connectivity index (χ0) is 39.5. The van der Waals surface area contributed by atoms with Gasteiger partial charge in [0.25, 0.3) is 0 Å². The highest BCUT2D eigenvalue weighted by atomic mass is 32.1. The minimum Gasteiger partial charge on any atom is -0.467 e. The Balaban J connectivity index is 0.982. The van der Waals surface area contributed by atoms with Gasteiger partial charge in [-0.05, 0) is 79.7 Å². The molecule has 0 radical (unpaired) electrons. The molecule has 58 heavy (non-hydrogen) atoms. The molecule has 1 fully saturated rings. The molecule has 288 valence electrons. The Bertz CT molecular complexity index is 2460. The van der Waals surface area contributed by atoms with Crippen LogP contribution in [0.15, 0.2) is 157 Å². The average Bonchev–Trinajstić information content (AvgIpc) is 4.08. The third-order valence-corrected chi connectivity index (χ3v) is 12.4. The summed E-state index contributed by atoms with van der Waals surface area (Å²) in [5, 5.41) is 19.5. The predicted octanol–water partition coefficient (Wildman–Crippen LogP) is 8.03. The largest absolute Gasteiger partial charge is 0.467 e. The maximum Gasteiger partial charge on any atom is 0.328 e. The highest BCUT2D eigenvalue weighted by molar-refractivity contribution is 7.11. The van der Waals surface area contributed by atoms with E-state index in [1.54, 1.807) is 16.2 Å². The zero-order valence-corrected chi connectivity index (χ0v) is 32.8. The van der Waals surface area contributed by atoms with Crippen LogP contribution in [-0.2, 0) is 32.8 Å². The first-order valence-electron chi connectivity index (χ1n) is 19.5. The molecule has 1 aliphatic carbocycles. The fraction of sp³-hybridized carbons (Fsp3) is 0.188. The maximum atomic E-state index is 13.8. The van der Waals surface area contributed by atoms with Crippen LogP contribution in [0.2, 0.25) is 0 Å². The summed E-state index contributed by atoms with van der Waals surface area (Å²) in [7, 11) is 1.39. The summed E-state index contributed by atoms with van der Waals surface area (Å²) < 4.78 is 7.11. The topological polar surface area (TPSA) is 102 Å². The number of benzene rings is 5. The molecule has 0 saturated carbocycles. The Labute approximate surface area is 341 Å². The summed E-state index contributed by atoms with van der Waals surface area (Å²) in [6.45, 7) is 1.02. The molecule has 5 aromatic carbocycles. The number of rotatable bonds is 11. The van der Waals surface area contributed by atoms with E-state index < -0.39 is 11.6 Å². The number of fused-ring (bicyclic) bond motifs is 1. The fourth-order valence-corrected chi connectivity index (χ4v) is 9.46. The number of hydrogen-bond acceptors (Lipinski definition) is 8. The Kier molecular flexibility index (Phi) is 10.3. The van der Waals surface area contributed by atoms with E-state index in [4.69, 9.17) is 15.0 Å². The zero-order valence-electron chi connectivity index (χ0n) is 32.0. The lowest BCUT2D eigenvalue weighted by atomic mass is 9.77. The van der Waals surface area contributed by atoms with E-state index in [2.05, 4.69) is 131 Å². The second-order valence-corrected chi connectivity index (χ2v) is 15.7. The minimum atomic E-state index is -0.876. The molecule has 1 unspecified atom stereocenters. The number of ether oxygens (including phenoxy) is 1. The molecule has 0 bridgehead atoms. The molecule has 3 heterocycles. The van der Waals surface area contributed by atoms with Crippen molar-refractivity contribution in [3.05, 3.63) is 190 Å². The molecule has 0 spiro atoms. The summed E-state index contributed by atoms with van der Waals surface area (Å²) in [6, 6.07) is 49.3. The first kappa shape index (κ1) is 37.1. The third-order valence-electron chi connectivity index (χ3n) is 11.5. The molecule has 3 atom stereocenters. The van der Waals surface area contributed by atoms with Gasteiger partial charge in [0.1, 0.15) is 11.6 Å². The normalized spacial score (nSPS) is 17.5. The number of tetrazole rings is 1. The summed E-state index contributed by atoms with van der Waals surface area (Å²) in [6.07, 6.45) is 5.15.